The minimum atomic E-state index is -0.287. The number of halogens is 1. The molecule has 1 aromatic heterocycles. The van der Waals surface area contributed by atoms with Gasteiger partial charge < -0.3 is 10.6 Å². The summed E-state index contributed by atoms with van der Waals surface area (Å²) >= 11 is 5.12. The number of aryl methyl sites for hydroxylation is 1. The molecule has 3 nitrogen and oxygen atoms in total. The number of aromatic nitrogens is 1. The Morgan fingerprint density at radius 2 is 2.15 bits per heavy atom. The van der Waals surface area contributed by atoms with Crippen molar-refractivity contribution in [1.29, 1.82) is 0 Å². The average Bonchev–Trinajstić information content (AvgIpc) is 2.39. The Hall–Kier alpha value is -2.01. The van der Waals surface area contributed by atoms with Crippen LogP contribution < -0.4 is 10.6 Å². The lowest BCUT2D eigenvalue weighted by atomic mass is 10.1. The molecule has 0 fully saturated rings. The van der Waals surface area contributed by atoms with Crippen LogP contribution >= 0.6 is 12.2 Å². The Labute approximate surface area is 123 Å². The zero-order valence-electron chi connectivity index (χ0n) is 11.4. The first kappa shape index (κ1) is 14.4. The van der Waals surface area contributed by atoms with Gasteiger partial charge in [-0.3, -0.25) is 0 Å². The molecule has 104 valence electrons. The van der Waals surface area contributed by atoms with Gasteiger partial charge in [0.2, 0.25) is 0 Å². The standard InChI is InChI=1S/C15H16FN3S/c1-3-19(12-6-4-5-11(16)9-12)15-13(14(17)20)10(2)7-8-18-15/h4-9H,3H2,1-2H3,(H2,17,20). The van der Waals surface area contributed by atoms with Gasteiger partial charge in [0.05, 0.1) is 5.56 Å². The first-order valence-electron chi connectivity index (χ1n) is 6.33. The van der Waals surface area contributed by atoms with E-state index in [1.807, 2.05) is 30.9 Å². The summed E-state index contributed by atoms with van der Waals surface area (Å²) in [6, 6.07) is 8.24. The van der Waals surface area contributed by atoms with Crippen molar-refractivity contribution in [3.05, 3.63) is 53.5 Å². The number of nitrogens with two attached hydrogens (primary N) is 1. The van der Waals surface area contributed by atoms with E-state index in [9.17, 15) is 4.39 Å². The second-order valence-electron chi connectivity index (χ2n) is 4.41. The quantitative estimate of drug-likeness (QED) is 0.877. The Bertz CT molecular complexity index is 643. The van der Waals surface area contributed by atoms with Gasteiger partial charge in [0.25, 0.3) is 0 Å². The fourth-order valence-electron chi connectivity index (χ4n) is 2.15. The number of benzene rings is 1. The average molecular weight is 289 g/mol. The number of hydrogen-bond acceptors (Lipinski definition) is 3. The highest BCUT2D eigenvalue weighted by molar-refractivity contribution is 7.80. The molecule has 20 heavy (non-hydrogen) atoms. The summed E-state index contributed by atoms with van der Waals surface area (Å²) in [5.74, 6) is 0.371. The molecule has 2 N–H and O–H groups in total. The predicted octanol–water partition coefficient (Wildman–Crippen LogP) is 3.32. The normalized spacial score (nSPS) is 10.3. The smallest absolute Gasteiger partial charge is 0.143 e. The Balaban J connectivity index is 2.58. The van der Waals surface area contributed by atoms with Crippen molar-refractivity contribution in [2.24, 2.45) is 5.73 Å². The van der Waals surface area contributed by atoms with E-state index >= 15 is 0 Å². The van der Waals surface area contributed by atoms with E-state index in [1.54, 1.807) is 12.3 Å². The number of hydrogen-bond donors (Lipinski definition) is 1. The third-order valence-electron chi connectivity index (χ3n) is 3.08. The van der Waals surface area contributed by atoms with E-state index in [1.165, 1.54) is 12.1 Å². The molecule has 0 aliphatic heterocycles. The highest BCUT2D eigenvalue weighted by atomic mass is 32.1. The van der Waals surface area contributed by atoms with Crippen molar-refractivity contribution in [1.82, 2.24) is 4.98 Å². The number of anilines is 2. The van der Waals surface area contributed by atoms with E-state index in [2.05, 4.69) is 4.98 Å². The van der Waals surface area contributed by atoms with Gasteiger partial charge in [-0.2, -0.15) is 0 Å². The molecule has 0 aliphatic carbocycles. The molecular formula is C15H16FN3S. The minimum absolute atomic E-state index is 0.287. The third kappa shape index (κ3) is 2.77. The van der Waals surface area contributed by atoms with Gasteiger partial charge in [0.1, 0.15) is 16.6 Å². The van der Waals surface area contributed by atoms with Crippen LogP contribution in [0.15, 0.2) is 36.5 Å². The molecule has 0 atom stereocenters. The van der Waals surface area contributed by atoms with Crippen molar-refractivity contribution < 1.29 is 4.39 Å². The van der Waals surface area contributed by atoms with Crippen LogP contribution in [0.5, 0.6) is 0 Å². The maximum atomic E-state index is 13.4. The molecule has 2 rings (SSSR count). The Morgan fingerprint density at radius 1 is 1.40 bits per heavy atom. The van der Waals surface area contributed by atoms with Crippen molar-refractivity contribution in [2.45, 2.75) is 13.8 Å². The van der Waals surface area contributed by atoms with E-state index in [4.69, 9.17) is 18.0 Å². The largest absolute Gasteiger partial charge is 0.389 e. The molecule has 0 spiro atoms. The van der Waals surface area contributed by atoms with Crippen LogP contribution in [0.25, 0.3) is 0 Å². The van der Waals surface area contributed by atoms with Gasteiger partial charge in [-0.25, -0.2) is 9.37 Å². The second kappa shape index (κ2) is 5.96. The van der Waals surface area contributed by atoms with Gasteiger partial charge in [-0.15, -0.1) is 0 Å². The predicted molar refractivity (Wildman–Crippen MR) is 83.9 cm³/mol. The number of thiocarbonyl (C=S) groups is 1. The first-order chi connectivity index (χ1) is 9.54. The van der Waals surface area contributed by atoms with Crippen LogP contribution in [0, 0.1) is 12.7 Å². The molecule has 0 saturated heterocycles. The maximum Gasteiger partial charge on any atom is 0.143 e. The van der Waals surface area contributed by atoms with Crippen molar-refractivity contribution in [2.75, 3.05) is 11.4 Å². The minimum Gasteiger partial charge on any atom is -0.389 e. The number of pyridine rings is 1. The fourth-order valence-corrected chi connectivity index (χ4v) is 2.40. The lowest BCUT2D eigenvalue weighted by Gasteiger charge is -2.25. The maximum absolute atomic E-state index is 13.4. The Morgan fingerprint density at radius 3 is 2.75 bits per heavy atom. The zero-order chi connectivity index (χ0) is 14.7. The first-order valence-corrected chi connectivity index (χ1v) is 6.74. The summed E-state index contributed by atoms with van der Waals surface area (Å²) in [7, 11) is 0. The van der Waals surface area contributed by atoms with Gasteiger partial charge in [-0.05, 0) is 43.7 Å². The molecular weight excluding hydrogens is 273 g/mol. The topological polar surface area (TPSA) is 42.2 Å². The van der Waals surface area contributed by atoms with Crippen LogP contribution in [0.2, 0.25) is 0 Å². The summed E-state index contributed by atoms with van der Waals surface area (Å²) in [4.78, 5) is 6.56. The molecule has 0 radical (unpaired) electrons. The van der Waals surface area contributed by atoms with Crippen LogP contribution in [-0.2, 0) is 0 Å². The van der Waals surface area contributed by atoms with E-state index < -0.39 is 0 Å². The molecule has 1 aromatic carbocycles. The SMILES string of the molecule is CCN(c1cccc(F)c1)c1nccc(C)c1C(N)=S. The van der Waals surface area contributed by atoms with Crippen LogP contribution in [-0.4, -0.2) is 16.5 Å². The highest BCUT2D eigenvalue weighted by Gasteiger charge is 2.17. The monoisotopic (exact) mass is 289 g/mol. The van der Waals surface area contributed by atoms with Crippen LogP contribution in [0.4, 0.5) is 15.9 Å². The summed E-state index contributed by atoms with van der Waals surface area (Å²) in [5.41, 5.74) is 8.22. The van der Waals surface area contributed by atoms with Gasteiger partial charge in [0, 0.05) is 18.4 Å². The van der Waals surface area contributed by atoms with E-state index in [0.717, 1.165) is 16.8 Å². The van der Waals surface area contributed by atoms with Crippen molar-refractivity contribution in [3.8, 4) is 0 Å². The number of nitrogens with zero attached hydrogens (tertiary/aromatic N) is 2. The van der Waals surface area contributed by atoms with Gasteiger partial charge in [0.15, 0.2) is 0 Å². The zero-order valence-corrected chi connectivity index (χ0v) is 12.2. The van der Waals surface area contributed by atoms with E-state index in [0.29, 0.717) is 17.4 Å². The molecule has 0 aliphatic rings. The van der Waals surface area contributed by atoms with E-state index in [-0.39, 0.29) is 5.82 Å². The highest BCUT2D eigenvalue weighted by Crippen LogP contribution is 2.28. The summed E-state index contributed by atoms with van der Waals surface area (Å²) < 4.78 is 13.4. The lowest BCUT2D eigenvalue weighted by molar-refractivity contribution is 0.627. The van der Waals surface area contributed by atoms with Crippen LogP contribution in [0.3, 0.4) is 0 Å². The lowest BCUT2D eigenvalue weighted by Crippen LogP contribution is -2.23. The number of rotatable bonds is 4. The molecule has 0 amide bonds. The molecule has 0 saturated carbocycles. The molecule has 0 unspecified atom stereocenters. The van der Waals surface area contributed by atoms with Crippen molar-refractivity contribution >= 4 is 28.7 Å². The van der Waals surface area contributed by atoms with Gasteiger partial charge in [-0.1, -0.05) is 18.3 Å². The molecule has 5 heteroatoms. The summed E-state index contributed by atoms with van der Waals surface area (Å²) in [6.07, 6.45) is 1.70. The third-order valence-corrected chi connectivity index (χ3v) is 3.28. The molecule has 1 heterocycles. The second-order valence-corrected chi connectivity index (χ2v) is 4.85. The Kier molecular flexibility index (Phi) is 4.29. The molecule has 0 bridgehead atoms. The summed E-state index contributed by atoms with van der Waals surface area (Å²) in [5, 5.41) is 0. The van der Waals surface area contributed by atoms with Crippen molar-refractivity contribution in [3.63, 3.8) is 0 Å². The fraction of sp³-hybridized carbons (Fsp3) is 0.200. The van der Waals surface area contributed by atoms with Gasteiger partial charge >= 0.3 is 0 Å². The van der Waals surface area contributed by atoms with Crippen LogP contribution in [0.1, 0.15) is 18.1 Å². The summed E-state index contributed by atoms with van der Waals surface area (Å²) in [6.45, 7) is 4.53. The molecule has 2 aromatic rings.